The van der Waals surface area contributed by atoms with Gasteiger partial charge in [0.2, 0.25) is 0 Å². The first-order valence-corrected chi connectivity index (χ1v) is 15.6. The third-order valence-electron chi connectivity index (χ3n) is 9.67. The molecule has 2 aromatic rings. The quantitative estimate of drug-likeness (QED) is 0.253. The monoisotopic (exact) mass is 600 g/mol. The van der Waals surface area contributed by atoms with Gasteiger partial charge in [0.1, 0.15) is 0 Å². The summed E-state index contributed by atoms with van der Waals surface area (Å²) in [5.41, 5.74) is 0.158. The number of rotatable bonds is 7. The molecule has 1 heterocycles. The van der Waals surface area contributed by atoms with Gasteiger partial charge in [-0.2, -0.15) is 0 Å². The van der Waals surface area contributed by atoms with Crippen LogP contribution >= 0.6 is 0 Å². The number of aliphatic hydroxyl groups excluding tert-OH is 1. The van der Waals surface area contributed by atoms with E-state index in [0.29, 0.717) is 5.92 Å². The molecule has 3 aliphatic rings. The van der Waals surface area contributed by atoms with Crippen LogP contribution in [-0.2, 0) is 11.2 Å². The lowest BCUT2D eigenvalue weighted by atomic mass is 9.73. The Morgan fingerprint density at radius 1 is 0.667 bits per heavy atom. The highest BCUT2D eigenvalue weighted by Crippen LogP contribution is 2.38. The van der Waals surface area contributed by atoms with Crippen molar-refractivity contribution < 1.29 is 36.2 Å². The molecule has 8 heteroatoms. The van der Waals surface area contributed by atoms with Crippen LogP contribution in [0, 0.1) is 70.4 Å². The van der Waals surface area contributed by atoms with E-state index in [1.807, 2.05) is 0 Å². The van der Waals surface area contributed by atoms with Crippen LogP contribution < -0.4 is 0 Å². The Kier molecular flexibility index (Phi) is 14.2. The van der Waals surface area contributed by atoms with Crippen molar-refractivity contribution in [2.75, 3.05) is 19.8 Å². The highest BCUT2D eigenvalue weighted by molar-refractivity contribution is 5.21. The fraction of sp³-hybridized carbons (Fsp3) is 0.647. The predicted octanol–water partition coefficient (Wildman–Crippen LogP) is 9.42. The molecule has 1 unspecified atom stereocenters. The first kappa shape index (κ1) is 34.4. The second-order valence-corrected chi connectivity index (χ2v) is 12.2. The normalized spacial score (nSPS) is 24.9. The zero-order valence-electron chi connectivity index (χ0n) is 24.9. The number of ether oxygens (including phenoxy) is 1. The Balaban J connectivity index is 0.000000193. The lowest BCUT2D eigenvalue weighted by molar-refractivity contribution is -0.0701. The SMILES string of the molecule is CCC1CCC(C(CO)Cc2ccc(F)c(F)c2F)CC1.CCC1CCC(C2COC2)CC1.Fc1cccc(F)c1F. The smallest absolute Gasteiger partial charge is 0.194 e. The molecule has 0 spiro atoms. The van der Waals surface area contributed by atoms with Gasteiger partial charge < -0.3 is 9.84 Å². The summed E-state index contributed by atoms with van der Waals surface area (Å²) in [5.74, 6) is -3.43. The van der Waals surface area contributed by atoms with E-state index in [0.717, 1.165) is 86.8 Å². The van der Waals surface area contributed by atoms with E-state index in [4.69, 9.17) is 4.74 Å². The van der Waals surface area contributed by atoms with E-state index < -0.39 is 34.9 Å². The van der Waals surface area contributed by atoms with Crippen molar-refractivity contribution in [3.63, 3.8) is 0 Å². The Hall–Kier alpha value is -2.06. The molecule has 1 atom stereocenters. The summed E-state index contributed by atoms with van der Waals surface area (Å²) in [5, 5.41) is 9.59. The summed E-state index contributed by atoms with van der Waals surface area (Å²) >= 11 is 0. The number of hydrogen-bond donors (Lipinski definition) is 1. The minimum Gasteiger partial charge on any atom is -0.396 e. The molecule has 0 amide bonds. The largest absolute Gasteiger partial charge is 0.396 e. The van der Waals surface area contributed by atoms with Crippen LogP contribution in [0.3, 0.4) is 0 Å². The van der Waals surface area contributed by atoms with Crippen molar-refractivity contribution in [3.8, 4) is 0 Å². The van der Waals surface area contributed by atoms with Crippen LogP contribution in [0.2, 0.25) is 0 Å². The maximum absolute atomic E-state index is 13.7. The van der Waals surface area contributed by atoms with E-state index >= 15 is 0 Å². The summed E-state index contributed by atoms with van der Waals surface area (Å²) in [7, 11) is 0. The van der Waals surface area contributed by atoms with E-state index in [1.54, 1.807) is 0 Å². The van der Waals surface area contributed by atoms with Crippen LogP contribution in [-0.4, -0.2) is 24.9 Å². The van der Waals surface area contributed by atoms with Gasteiger partial charge in [-0.05, 0) is 85.5 Å². The van der Waals surface area contributed by atoms with Gasteiger partial charge in [0, 0.05) is 12.5 Å². The number of halogens is 6. The van der Waals surface area contributed by atoms with Crippen molar-refractivity contribution in [2.45, 2.75) is 84.5 Å². The minimum absolute atomic E-state index is 0.0418. The zero-order valence-corrected chi connectivity index (χ0v) is 24.9. The molecule has 0 aromatic heterocycles. The maximum atomic E-state index is 13.7. The lowest BCUT2D eigenvalue weighted by Crippen LogP contribution is -2.36. The highest BCUT2D eigenvalue weighted by atomic mass is 19.2. The predicted molar refractivity (Wildman–Crippen MR) is 153 cm³/mol. The van der Waals surface area contributed by atoms with Gasteiger partial charge >= 0.3 is 0 Å². The first-order valence-electron chi connectivity index (χ1n) is 15.6. The van der Waals surface area contributed by atoms with E-state index in [2.05, 4.69) is 13.8 Å². The minimum atomic E-state index is -1.42. The Labute approximate surface area is 246 Å². The Bertz CT molecular complexity index is 1060. The van der Waals surface area contributed by atoms with Crippen molar-refractivity contribution in [1.29, 1.82) is 0 Å². The third kappa shape index (κ3) is 9.73. The van der Waals surface area contributed by atoms with Crippen molar-refractivity contribution in [3.05, 3.63) is 70.8 Å². The van der Waals surface area contributed by atoms with E-state index in [9.17, 15) is 31.4 Å². The van der Waals surface area contributed by atoms with Crippen molar-refractivity contribution in [1.82, 2.24) is 0 Å². The second-order valence-electron chi connectivity index (χ2n) is 12.2. The van der Waals surface area contributed by atoms with Crippen LogP contribution in [0.5, 0.6) is 0 Å². The fourth-order valence-corrected chi connectivity index (χ4v) is 6.53. The molecule has 1 saturated heterocycles. The molecule has 2 nitrogen and oxygen atoms in total. The molecule has 0 radical (unpaired) electrons. The van der Waals surface area contributed by atoms with Crippen LogP contribution in [0.25, 0.3) is 0 Å². The standard InChI is InChI=1S/C17H23F3O.C11H20O.C6H3F3/c1-2-11-3-5-12(6-4-11)14(10-21)9-13-7-8-15(18)17(20)16(13)19;1-2-9-3-5-10(6-4-9)11-7-12-8-11;7-4-2-1-3-5(8)6(4)9/h7-8,11-12,14,21H,2-6,9-10H2,1H3;9-11H,2-8H2,1H3;1-3H. The topological polar surface area (TPSA) is 29.5 Å². The molecule has 1 aliphatic heterocycles. The highest BCUT2D eigenvalue weighted by Gasteiger charge is 2.31. The third-order valence-corrected chi connectivity index (χ3v) is 9.67. The van der Waals surface area contributed by atoms with Crippen LogP contribution in [0.4, 0.5) is 26.3 Å². The molecule has 5 rings (SSSR count). The second kappa shape index (κ2) is 17.3. The fourth-order valence-electron chi connectivity index (χ4n) is 6.53. The zero-order chi connectivity index (χ0) is 30.6. The van der Waals surface area contributed by atoms with E-state index in [-0.39, 0.29) is 24.5 Å². The maximum Gasteiger partial charge on any atom is 0.194 e. The Morgan fingerprint density at radius 3 is 1.64 bits per heavy atom. The van der Waals surface area contributed by atoms with Gasteiger partial charge in [0.25, 0.3) is 0 Å². The first-order chi connectivity index (χ1) is 20.2. The van der Waals surface area contributed by atoms with E-state index in [1.165, 1.54) is 44.6 Å². The van der Waals surface area contributed by atoms with Crippen molar-refractivity contribution >= 4 is 0 Å². The molecule has 2 aliphatic carbocycles. The molecule has 42 heavy (non-hydrogen) atoms. The molecule has 2 aromatic carbocycles. The summed E-state index contributed by atoms with van der Waals surface area (Å²) in [6.07, 6.45) is 13.1. The molecule has 1 N–H and O–H groups in total. The van der Waals surface area contributed by atoms with Gasteiger partial charge in [-0.1, -0.05) is 64.5 Å². The molecular weight excluding hydrogens is 554 g/mol. The summed E-state index contributed by atoms with van der Waals surface area (Å²) < 4.78 is 81.1. The van der Waals surface area contributed by atoms with Crippen LogP contribution in [0.15, 0.2) is 30.3 Å². The summed E-state index contributed by atoms with van der Waals surface area (Å²) in [6, 6.07) is 5.06. The van der Waals surface area contributed by atoms with Gasteiger partial charge in [0.05, 0.1) is 13.2 Å². The van der Waals surface area contributed by atoms with Gasteiger partial charge in [0.15, 0.2) is 34.9 Å². The average Bonchev–Trinajstić information content (AvgIpc) is 2.99. The lowest BCUT2D eigenvalue weighted by Gasteiger charge is -2.38. The average molecular weight is 601 g/mol. The van der Waals surface area contributed by atoms with Gasteiger partial charge in [-0.25, -0.2) is 26.3 Å². The molecule has 3 fully saturated rings. The molecule has 2 saturated carbocycles. The molecule has 236 valence electrons. The number of benzene rings is 2. The number of hydrogen-bond acceptors (Lipinski definition) is 2. The summed E-state index contributed by atoms with van der Waals surface area (Å²) in [4.78, 5) is 0. The molecular formula is C34H46F6O2. The van der Waals surface area contributed by atoms with Crippen molar-refractivity contribution in [2.24, 2.45) is 35.5 Å². The Morgan fingerprint density at radius 2 is 1.19 bits per heavy atom. The van der Waals surface area contributed by atoms with Gasteiger partial charge in [-0.3, -0.25) is 0 Å². The number of aliphatic hydroxyl groups is 1. The van der Waals surface area contributed by atoms with Gasteiger partial charge in [-0.15, -0.1) is 0 Å². The van der Waals surface area contributed by atoms with Crippen LogP contribution in [0.1, 0.15) is 83.6 Å². The molecule has 0 bridgehead atoms. The summed E-state index contributed by atoms with van der Waals surface area (Å²) in [6.45, 7) is 6.59.